The summed E-state index contributed by atoms with van der Waals surface area (Å²) >= 11 is 0. The molecule has 8 heteroatoms. The van der Waals surface area contributed by atoms with Gasteiger partial charge in [0.2, 0.25) is 0 Å². The number of aromatic amines is 1. The van der Waals surface area contributed by atoms with Crippen LogP contribution in [0.25, 0.3) is 10.9 Å². The molecule has 1 aromatic carbocycles. The molecule has 0 bridgehead atoms. The van der Waals surface area contributed by atoms with Crippen LogP contribution in [0, 0.1) is 0 Å². The molecule has 0 saturated carbocycles. The van der Waals surface area contributed by atoms with Crippen molar-refractivity contribution in [1.82, 2.24) is 20.1 Å². The van der Waals surface area contributed by atoms with E-state index in [-0.39, 0.29) is 6.04 Å². The van der Waals surface area contributed by atoms with Crippen LogP contribution in [0.1, 0.15) is 25.8 Å². The fourth-order valence-electron chi connectivity index (χ4n) is 2.78. The lowest BCUT2D eigenvalue weighted by Gasteiger charge is -2.28. The van der Waals surface area contributed by atoms with Gasteiger partial charge in [-0.1, -0.05) is 37.3 Å². The maximum atomic E-state index is 12.8. The number of nitrogen functional groups attached to an aromatic ring is 1. The zero-order chi connectivity index (χ0) is 19.4. The zero-order valence-corrected chi connectivity index (χ0v) is 15.3. The number of anilines is 2. The lowest BCUT2D eigenvalue weighted by molar-refractivity contribution is -0.145. The third kappa shape index (κ3) is 3.89. The van der Waals surface area contributed by atoms with Gasteiger partial charge in [-0.15, -0.1) is 0 Å². The zero-order valence-electron chi connectivity index (χ0n) is 15.3. The van der Waals surface area contributed by atoms with E-state index >= 15 is 0 Å². The van der Waals surface area contributed by atoms with Gasteiger partial charge in [0.1, 0.15) is 5.82 Å². The van der Waals surface area contributed by atoms with Gasteiger partial charge < -0.3 is 16.0 Å². The Labute approximate surface area is 156 Å². The van der Waals surface area contributed by atoms with Gasteiger partial charge in [0.05, 0.1) is 29.0 Å². The summed E-state index contributed by atoms with van der Waals surface area (Å²) in [4.78, 5) is 31.1. The summed E-state index contributed by atoms with van der Waals surface area (Å²) in [6, 6.07) is 9.50. The average molecular weight is 366 g/mol. The van der Waals surface area contributed by atoms with Crippen LogP contribution in [0.4, 0.5) is 11.5 Å². The van der Waals surface area contributed by atoms with Crippen molar-refractivity contribution in [1.29, 1.82) is 0 Å². The van der Waals surface area contributed by atoms with Crippen molar-refractivity contribution < 1.29 is 9.59 Å². The van der Waals surface area contributed by atoms with Crippen LogP contribution in [0.15, 0.2) is 42.7 Å². The number of fused-ring (bicyclic) bond motifs is 1. The van der Waals surface area contributed by atoms with Gasteiger partial charge in [0.15, 0.2) is 0 Å². The Morgan fingerprint density at radius 1 is 1.26 bits per heavy atom. The fourth-order valence-corrected chi connectivity index (χ4v) is 2.78. The Morgan fingerprint density at radius 2 is 2.00 bits per heavy atom. The van der Waals surface area contributed by atoms with E-state index in [4.69, 9.17) is 5.73 Å². The van der Waals surface area contributed by atoms with Crippen LogP contribution in [0.2, 0.25) is 0 Å². The van der Waals surface area contributed by atoms with Crippen LogP contribution in [0.3, 0.4) is 0 Å². The van der Waals surface area contributed by atoms with Crippen LogP contribution >= 0.6 is 0 Å². The van der Waals surface area contributed by atoms with Crippen LogP contribution < -0.4 is 11.1 Å². The summed E-state index contributed by atoms with van der Waals surface area (Å²) in [7, 11) is 0. The largest absolute Gasteiger partial charge is 0.383 e. The van der Waals surface area contributed by atoms with Crippen molar-refractivity contribution in [2.75, 3.05) is 11.1 Å². The number of nitrogens with one attached hydrogen (secondary N) is 2. The van der Waals surface area contributed by atoms with Crippen molar-refractivity contribution in [2.24, 2.45) is 0 Å². The molecule has 2 aromatic heterocycles. The van der Waals surface area contributed by atoms with Crippen molar-refractivity contribution in [2.45, 2.75) is 32.9 Å². The van der Waals surface area contributed by atoms with Crippen molar-refractivity contribution in [3.05, 3.63) is 48.3 Å². The summed E-state index contributed by atoms with van der Waals surface area (Å²) in [6.07, 6.45) is 3.67. The minimum atomic E-state index is -0.728. The molecule has 2 amide bonds. The second-order valence-corrected chi connectivity index (χ2v) is 6.35. The molecule has 27 heavy (non-hydrogen) atoms. The topological polar surface area (TPSA) is 117 Å². The molecule has 0 aliphatic rings. The Balaban J connectivity index is 1.81. The van der Waals surface area contributed by atoms with Crippen molar-refractivity contribution in [3.63, 3.8) is 0 Å². The maximum Gasteiger partial charge on any atom is 0.314 e. The van der Waals surface area contributed by atoms with E-state index in [1.807, 2.05) is 44.2 Å². The first kappa shape index (κ1) is 18.4. The minimum Gasteiger partial charge on any atom is -0.383 e. The second kappa shape index (κ2) is 7.86. The number of hydrogen-bond donors (Lipinski definition) is 3. The molecule has 1 atom stereocenters. The second-order valence-electron chi connectivity index (χ2n) is 6.35. The Morgan fingerprint density at radius 3 is 2.70 bits per heavy atom. The number of carbonyl (C=O) groups excluding carboxylic acids is 2. The molecule has 0 aliphatic heterocycles. The van der Waals surface area contributed by atoms with Gasteiger partial charge in [0.25, 0.3) is 0 Å². The highest BCUT2D eigenvalue weighted by atomic mass is 16.2. The Kier molecular flexibility index (Phi) is 5.35. The number of rotatable bonds is 5. The molecule has 0 spiro atoms. The lowest BCUT2D eigenvalue weighted by atomic mass is 10.1. The number of amides is 2. The van der Waals surface area contributed by atoms with Gasteiger partial charge in [-0.3, -0.25) is 14.7 Å². The number of nitrogens with zero attached hydrogens (tertiary/aromatic N) is 3. The molecule has 0 fully saturated rings. The summed E-state index contributed by atoms with van der Waals surface area (Å²) in [5.41, 5.74) is 7.64. The monoisotopic (exact) mass is 366 g/mol. The van der Waals surface area contributed by atoms with Gasteiger partial charge in [0, 0.05) is 12.6 Å². The summed E-state index contributed by atoms with van der Waals surface area (Å²) in [5, 5.41) is 9.89. The van der Waals surface area contributed by atoms with Gasteiger partial charge in [-0.05, 0) is 18.9 Å². The molecule has 8 nitrogen and oxygen atoms in total. The number of hydrogen-bond acceptors (Lipinski definition) is 5. The van der Waals surface area contributed by atoms with E-state index in [2.05, 4.69) is 20.5 Å². The van der Waals surface area contributed by atoms with E-state index in [1.54, 1.807) is 4.90 Å². The summed E-state index contributed by atoms with van der Waals surface area (Å²) in [5.74, 6) is -1.03. The number of carbonyl (C=O) groups is 2. The number of H-pyrrole nitrogens is 1. The van der Waals surface area contributed by atoms with E-state index in [1.165, 1.54) is 12.4 Å². The Hall–Kier alpha value is -3.42. The third-order valence-corrected chi connectivity index (χ3v) is 4.54. The molecular formula is C19H22N6O2. The van der Waals surface area contributed by atoms with Crippen LogP contribution in [-0.4, -0.2) is 37.9 Å². The van der Waals surface area contributed by atoms with E-state index in [0.29, 0.717) is 29.0 Å². The van der Waals surface area contributed by atoms with Gasteiger partial charge in [-0.25, -0.2) is 4.98 Å². The molecule has 0 radical (unpaired) electrons. The SMILES string of the molecule is CC[C@@H](C)N(Cc1ccccc1)C(=O)C(=O)Nc1cnc(N)c2cn[nH]c12. The molecule has 140 valence electrons. The number of pyridine rings is 1. The maximum absolute atomic E-state index is 12.8. The molecule has 0 unspecified atom stereocenters. The molecule has 0 saturated heterocycles. The highest BCUT2D eigenvalue weighted by molar-refractivity contribution is 6.40. The number of aromatic nitrogens is 3. The molecule has 3 rings (SSSR count). The van der Waals surface area contributed by atoms with E-state index in [9.17, 15) is 9.59 Å². The summed E-state index contributed by atoms with van der Waals surface area (Å²) < 4.78 is 0. The van der Waals surface area contributed by atoms with E-state index < -0.39 is 11.8 Å². The standard InChI is InChI=1S/C19H22N6O2/c1-3-12(2)25(11-13-7-5-4-6-8-13)19(27)18(26)23-15-10-21-17(20)14-9-22-24-16(14)15/h4-10,12H,3,11H2,1-2H3,(H2,20,21)(H,22,24)(H,23,26)/t12-/m1/s1. The van der Waals surface area contributed by atoms with Crippen molar-refractivity contribution in [3.8, 4) is 0 Å². The highest BCUT2D eigenvalue weighted by Crippen LogP contribution is 2.24. The average Bonchev–Trinajstić information content (AvgIpc) is 3.19. The number of nitrogens with two attached hydrogens (primary N) is 1. The first-order valence-corrected chi connectivity index (χ1v) is 8.74. The predicted octanol–water partition coefficient (Wildman–Crippen LogP) is 2.31. The first-order valence-electron chi connectivity index (χ1n) is 8.74. The summed E-state index contributed by atoms with van der Waals surface area (Å²) in [6.45, 7) is 4.26. The highest BCUT2D eigenvalue weighted by Gasteiger charge is 2.26. The third-order valence-electron chi connectivity index (χ3n) is 4.54. The fraction of sp³-hybridized carbons (Fsp3) is 0.263. The molecular weight excluding hydrogens is 344 g/mol. The minimum absolute atomic E-state index is 0.0832. The lowest BCUT2D eigenvalue weighted by Crippen LogP contribution is -2.44. The van der Waals surface area contributed by atoms with Crippen molar-refractivity contribution >= 4 is 34.2 Å². The van der Waals surface area contributed by atoms with E-state index in [0.717, 1.165) is 12.0 Å². The molecule has 3 aromatic rings. The molecule has 4 N–H and O–H groups in total. The first-order chi connectivity index (χ1) is 13.0. The van der Waals surface area contributed by atoms with Crippen LogP contribution in [0.5, 0.6) is 0 Å². The quantitative estimate of drug-likeness (QED) is 0.599. The van der Waals surface area contributed by atoms with Gasteiger partial charge >= 0.3 is 11.8 Å². The van der Waals surface area contributed by atoms with Gasteiger partial charge in [-0.2, -0.15) is 5.10 Å². The Bertz CT molecular complexity index is 953. The molecule has 0 aliphatic carbocycles. The predicted molar refractivity (Wildman–Crippen MR) is 104 cm³/mol. The van der Waals surface area contributed by atoms with Crippen LogP contribution in [-0.2, 0) is 16.1 Å². The number of benzene rings is 1. The smallest absolute Gasteiger partial charge is 0.314 e. The normalized spacial score (nSPS) is 11.9. The molecule has 2 heterocycles.